The van der Waals surface area contributed by atoms with Gasteiger partial charge in [0.1, 0.15) is 6.17 Å². The summed E-state index contributed by atoms with van der Waals surface area (Å²) in [5.74, 6) is -1.29. The molecule has 0 amide bonds. The Morgan fingerprint density at radius 2 is 2.28 bits per heavy atom. The third kappa shape index (κ3) is 2.11. The molecule has 0 aliphatic carbocycles. The van der Waals surface area contributed by atoms with E-state index in [0.29, 0.717) is 22.6 Å². The zero-order valence-corrected chi connectivity index (χ0v) is 9.85. The molecule has 98 valence electrons. The number of carbonyl (C=O) groups is 1. The van der Waals surface area contributed by atoms with Crippen LogP contribution in [0.4, 0.5) is 4.39 Å². The minimum atomic E-state index is -1.22. The summed E-state index contributed by atoms with van der Waals surface area (Å²) in [4.78, 5) is 11.1. The lowest BCUT2D eigenvalue weighted by atomic mass is 9.95. The molecule has 3 N–H and O–H groups in total. The van der Waals surface area contributed by atoms with Gasteiger partial charge in [-0.25, -0.2) is 4.39 Å². The van der Waals surface area contributed by atoms with E-state index in [9.17, 15) is 9.18 Å². The van der Waals surface area contributed by atoms with E-state index in [1.807, 2.05) is 0 Å². The molecule has 2 rings (SSSR count). The summed E-state index contributed by atoms with van der Waals surface area (Å²) in [5, 5.41) is 9.12. The second kappa shape index (κ2) is 4.81. The monoisotopic (exact) mass is 255 g/mol. The van der Waals surface area contributed by atoms with Crippen molar-refractivity contribution in [3.05, 3.63) is 23.3 Å². The number of benzene rings is 1. The van der Waals surface area contributed by atoms with Gasteiger partial charge in [0, 0.05) is 12.1 Å². The van der Waals surface area contributed by atoms with Crippen molar-refractivity contribution >= 4 is 5.97 Å². The summed E-state index contributed by atoms with van der Waals surface area (Å²) < 4.78 is 23.8. The van der Waals surface area contributed by atoms with Crippen LogP contribution in [-0.2, 0) is 4.79 Å². The van der Waals surface area contributed by atoms with Gasteiger partial charge in [0.2, 0.25) is 6.79 Å². The van der Waals surface area contributed by atoms with Crippen molar-refractivity contribution < 1.29 is 23.8 Å². The average molecular weight is 255 g/mol. The SMILES string of the molecule is CC(F)c1cc2c(c(C(CN)C(=O)O)c1)OCO2. The van der Waals surface area contributed by atoms with Crippen molar-refractivity contribution in [2.45, 2.75) is 19.0 Å². The molecule has 18 heavy (non-hydrogen) atoms. The van der Waals surface area contributed by atoms with Gasteiger partial charge in [0.25, 0.3) is 0 Å². The normalized spacial score (nSPS) is 16.4. The molecule has 0 radical (unpaired) electrons. The summed E-state index contributed by atoms with van der Waals surface area (Å²) in [7, 11) is 0. The van der Waals surface area contributed by atoms with Crippen LogP contribution in [0, 0.1) is 0 Å². The highest BCUT2D eigenvalue weighted by molar-refractivity contribution is 5.78. The summed E-state index contributed by atoms with van der Waals surface area (Å²) in [6.45, 7) is 1.29. The lowest BCUT2D eigenvalue weighted by Gasteiger charge is -2.15. The standard InChI is InChI=1S/C12H14FNO4/c1-6(13)7-2-8(9(4-14)12(15)16)11-10(3-7)17-5-18-11/h2-3,6,9H,4-5,14H2,1H3,(H,15,16). The maximum Gasteiger partial charge on any atom is 0.312 e. The second-order valence-electron chi connectivity index (χ2n) is 4.09. The van der Waals surface area contributed by atoms with Crippen LogP contribution in [0.2, 0.25) is 0 Å². The molecule has 0 spiro atoms. The van der Waals surface area contributed by atoms with Crippen molar-refractivity contribution in [3.8, 4) is 11.5 Å². The summed E-state index contributed by atoms with van der Waals surface area (Å²) in [6, 6.07) is 3.00. The van der Waals surface area contributed by atoms with Gasteiger partial charge in [-0.3, -0.25) is 4.79 Å². The van der Waals surface area contributed by atoms with Gasteiger partial charge in [-0.05, 0) is 24.6 Å². The van der Waals surface area contributed by atoms with Crippen molar-refractivity contribution in [3.63, 3.8) is 0 Å². The van der Waals surface area contributed by atoms with Gasteiger partial charge >= 0.3 is 5.97 Å². The number of halogens is 1. The van der Waals surface area contributed by atoms with Crippen LogP contribution in [-0.4, -0.2) is 24.4 Å². The maximum atomic E-state index is 13.4. The van der Waals surface area contributed by atoms with E-state index in [1.165, 1.54) is 19.1 Å². The van der Waals surface area contributed by atoms with Crippen LogP contribution in [0.25, 0.3) is 0 Å². The number of nitrogens with two attached hydrogens (primary N) is 1. The van der Waals surface area contributed by atoms with E-state index < -0.39 is 18.1 Å². The van der Waals surface area contributed by atoms with Gasteiger partial charge in [0.15, 0.2) is 11.5 Å². The predicted octanol–water partition coefficient (Wildman–Crippen LogP) is 1.57. The van der Waals surface area contributed by atoms with Gasteiger partial charge in [0.05, 0.1) is 5.92 Å². The Labute approximate surface area is 103 Å². The number of alkyl halides is 1. The maximum absolute atomic E-state index is 13.4. The Balaban J connectivity index is 2.54. The van der Waals surface area contributed by atoms with Crippen molar-refractivity contribution in [2.24, 2.45) is 5.73 Å². The first-order chi connectivity index (χ1) is 8.54. The Morgan fingerprint density at radius 3 is 2.83 bits per heavy atom. The first-order valence-electron chi connectivity index (χ1n) is 5.55. The third-order valence-corrected chi connectivity index (χ3v) is 2.89. The van der Waals surface area contributed by atoms with E-state index in [-0.39, 0.29) is 13.3 Å². The van der Waals surface area contributed by atoms with Crippen LogP contribution in [0.3, 0.4) is 0 Å². The Hall–Kier alpha value is -1.82. The van der Waals surface area contributed by atoms with Gasteiger partial charge < -0.3 is 20.3 Å². The highest BCUT2D eigenvalue weighted by Gasteiger charge is 2.29. The third-order valence-electron chi connectivity index (χ3n) is 2.89. The molecule has 1 aromatic carbocycles. The lowest BCUT2D eigenvalue weighted by molar-refractivity contribution is -0.138. The lowest BCUT2D eigenvalue weighted by Crippen LogP contribution is -2.21. The van der Waals surface area contributed by atoms with Crippen LogP contribution >= 0.6 is 0 Å². The number of hydrogen-bond acceptors (Lipinski definition) is 4. The van der Waals surface area contributed by atoms with Crippen molar-refractivity contribution in [1.29, 1.82) is 0 Å². The highest BCUT2D eigenvalue weighted by atomic mass is 19.1. The zero-order chi connectivity index (χ0) is 13.3. The molecule has 1 aliphatic heterocycles. The van der Waals surface area contributed by atoms with Crippen molar-refractivity contribution in [2.75, 3.05) is 13.3 Å². The smallest absolute Gasteiger partial charge is 0.312 e. The predicted molar refractivity (Wildman–Crippen MR) is 61.5 cm³/mol. The van der Waals surface area contributed by atoms with Crippen LogP contribution in [0.15, 0.2) is 12.1 Å². The fourth-order valence-electron chi connectivity index (χ4n) is 1.91. The summed E-state index contributed by atoms with van der Waals surface area (Å²) >= 11 is 0. The van der Waals surface area contributed by atoms with E-state index in [1.54, 1.807) is 0 Å². The quantitative estimate of drug-likeness (QED) is 0.853. The topological polar surface area (TPSA) is 81.8 Å². The molecular weight excluding hydrogens is 241 g/mol. The first kappa shape index (κ1) is 12.6. The van der Waals surface area contributed by atoms with E-state index >= 15 is 0 Å². The highest BCUT2D eigenvalue weighted by Crippen LogP contribution is 2.41. The molecule has 2 unspecified atom stereocenters. The van der Waals surface area contributed by atoms with Gasteiger partial charge in [-0.2, -0.15) is 0 Å². The first-order valence-corrected chi connectivity index (χ1v) is 5.55. The molecular formula is C12H14FNO4. The number of fused-ring (bicyclic) bond motifs is 1. The van der Waals surface area contributed by atoms with E-state index in [4.69, 9.17) is 20.3 Å². The number of carboxylic acids is 1. The van der Waals surface area contributed by atoms with E-state index in [0.717, 1.165) is 0 Å². The molecule has 0 aromatic heterocycles. The fraction of sp³-hybridized carbons (Fsp3) is 0.417. The molecule has 1 heterocycles. The molecule has 6 heteroatoms. The number of rotatable bonds is 4. The molecule has 0 saturated carbocycles. The number of aliphatic carboxylic acids is 1. The Morgan fingerprint density at radius 1 is 1.56 bits per heavy atom. The Kier molecular flexibility index (Phi) is 3.38. The van der Waals surface area contributed by atoms with Crippen LogP contribution in [0.5, 0.6) is 11.5 Å². The van der Waals surface area contributed by atoms with Gasteiger partial charge in [-0.15, -0.1) is 0 Å². The largest absolute Gasteiger partial charge is 0.481 e. The zero-order valence-electron chi connectivity index (χ0n) is 9.85. The van der Waals surface area contributed by atoms with E-state index in [2.05, 4.69) is 0 Å². The molecule has 1 aromatic rings. The number of ether oxygens (including phenoxy) is 2. The molecule has 2 atom stereocenters. The van der Waals surface area contributed by atoms with Crippen LogP contribution < -0.4 is 15.2 Å². The van der Waals surface area contributed by atoms with Crippen molar-refractivity contribution in [1.82, 2.24) is 0 Å². The fourth-order valence-corrected chi connectivity index (χ4v) is 1.91. The van der Waals surface area contributed by atoms with Crippen LogP contribution in [0.1, 0.15) is 30.1 Å². The Bertz CT molecular complexity index is 475. The molecule has 1 aliphatic rings. The molecule has 0 fully saturated rings. The molecule has 0 bridgehead atoms. The second-order valence-corrected chi connectivity index (χ2v) is 4.09. The average Bonchev–Trinajstić information content (AvgIpc) is 2.77. The molecule has 0 saturated heterocycles. The number of hydrogen-bond donors (Lipinski definition) is 2. The minimum absolute atomic E-state index is 0.00334. The number of carboxylic acid groups (broad SMARTS) is 1. The minimum Gasteiger partial charge on any atom is -0.481 e. The van der Waals surface area contributed by atoms with Gasteiger partial charge in [-0.1, -0.05) is 0 Å². The summed E-state index contributed by atoms with van der Waals surface area (Å²) in [5.41, 5.74) is 6.17. The summed E-state index contributed by atoms with van der Waals surface area (Å²) in [6.07, 6.45) is -1.22. The molecule has 5 nitrogen and oxygen atoms in total.